The molecule has 0 saturated carbocycles. The summed E-state index contributed by atoms with van der Waals surface area (Å²) in [6.45, 7) is 2.83. The number of halogens is 3. The van der Waals surface area contributed by atoms with E-state index in [1.54, 1.807) is 30.3 Å². The van der Waals surface area contributed by atoms with Crippen molar-refractivity contribution in [2.75, 3.05) is 13.2 Å². The first-order valence-corrected chi connectivity index (χ1v) is 10.9. The molecule has 1 heterocycles. The summed E-state index contributed by atoms with van der Waals surface area (Å²) in [6, 6.07) is 14.3. The van der Waals surface area contributed by atoms with Crippen LogP contribution in [0.4, 0.5) is 13.2 Å². The first-order chi connectivity index (χ1) is 16.0. The van der Waals surface area contributed by atoms with Crippen LogP contribution in [0, 0.1) is 17.5 Å². The normalized spacial score (nSPS) is 18.7. The number of phenols is 1. The number of allylic oxidation sites excluding steroid dienone is 1. The zero-order chi connectivity index (χ0) is 23.4. The molecule has 0 bridgehead atoms. The molecule has 6 heteroatoms. The lowest BCUT2D eigenvalue weighted by molar-refractivity contribution is -0.160. The van der Waals surface area contributed by atoms with Gasteiger partial charge in [-0.2, -0.15) is 4.39 Å². The minimum atomic E-state index is -1.28. The second kappa shape index (κ2) is 10.2. The van der Waals surface area contributed by atoms with E-state index in [-0.39, 0.29) is 23.6 Å². The van der Waals surface area contributed by atoms with Crippen molar-refractivity contribution in [2.45, 2.75) is 32.0 Å². The molecule has 0 aliphatic carbocycles. The number of aromatic hydroxyl groups is 1. The number of hydrogen-bond acceptors (Lipinski definition) is 3. The van der Waals surface area contributed by atoms with Crippen LogP contribution in [-0.4, -0.2) is 24.6 Å². The standard InChI is InChI=1S/C27H25F3O3/c1-2-3-14-32-25-13-9-20(16-33-25)21-10-8-19(15-23(21)28)17-4-6-18(7-5-17)22-11-12-24(31)27(30)26(22)29/h2-8,10-12,15,20,25,31H,9,13-14,16H2,1H3/b3-2+. The Morgan fingerprint density at radius 2 is 1.67 bits per heavy atom. The molecule has 2 atom stereocenters. The average Bonchev–Trinajstić information content (AvgIpc) is 2.83. The van der Waals surface area contributed by atoms with Crippen molar-refractivity contribution in [1.82, 2.24) is 0 Å². The van der Waals surface area contributed by atoms with E-state index in [1.807, 2.05) is 25.1 Å². The van der Waals surface area contributed by atoms with Gasteiger partial charge in [0.2, 0.25) is 5.82 Å². The maximum atomic E-state index is 14.9. The van der Waals surface area contributed by atoms with Gasteiger partial charge in [0.1, 0.15) is 5.82 Å². The van der Waals surface area contributed by atoms with Gasteiger partial charge in [-0.05, 0) is 60.2 Å². The van der Waals surface area contributed by atoms with Gasteiger partial charge in [0.25, 0.3) is 0 Å². The van der Waals surface area contributed by atoms with E-state index >= 15 is 0 Å². The fraction of sp³-hybridized carbons (Fsp3) is 0.259. The van der Waals surface area contributed by atoms with Crippen LogP contribution in [0.5, 0.6) is 5.75 Å². The molecule has 0 aromatic heterocycles. The predicted molar refractivity (Wildman–Crippen MR) is 121 cm³/mol. The van der Waals surface area contributed by atoms with Crippen molar-refractivity contribution < 1.29 is 27.8 Å². The topological polar surface area (TPSA) is 38.7 Å². The molecular weight excluding hydrogens is 429 g/mol. The van der Waals surface area contributed by atoms with Gasteiger partial charge in [0.05, 0.1) is 13.2 Å². The molecule has 0 spiro atoms. The SMILES string of the molecule is C/C=C/COC1CCC(c2ccc(-c3ccc(-c4ccc(O)c(F)c4F)cc3)cc2F)CO1. The predicted octanol–water partition coefficient (Wildman–Crippen LogP) is 6.96. The van der Waals surface area contributed by atoms with Gasteiger partial charge in [-0.25, -0.2) is 8.78 Å². The first kappa shape index (κ1) is 23.1. The summed E-state index contributed by atoms with van der Waals surface area (Å²) in [7, 11) is 0. The van der Waals surface area contributed by atoms with Gasteiger partial charge < -0.3 is 14.6 Å². The zero-order valence-electron chi connectivity index (χ0n) is 18.2. The Balaban J connectivity index is 1.46. The summed E-state index contributed by atoms with van der Waals surface area (Å²) < 4.78 is 54.1. The molecular formula is C27H25F3O3. The number of rotatable bonds is 6. The van der Waals surface area contributed by atoms with Crippen LogP contribution in [-0.2, 0) is 9.47 Å². The van der Waals surface area contributed by atoms with Crippen molar-refractivity contribution in [2.24, 2.45) is 0 Å². The Hall–Kier alpha value is -3.09. The van der Waals surface area contributed by atoms with Crippen LogP contribution >= 0.6 is 0 Å². The van der Waals surface area contributed by atoms with E-state index in [4.69, 9.17) is 9.47 Å². The average molecular weight is 454 g/mol. The number of phenolic OH excluding ortho intramolecular Hbond substituents is 1. The number of benzene rings is 3. The number of ether oxygens (including phenoxy) is 2. The molecule has 3 nitrogen and oxygen atoms in total. The van der Waals surface area contributed by atoms with E-state index in [9.17, 15) is 18.3 Å². The quantitative estimate of drug-likeness (QED) is 0.410. The van der Waals surface area contributed by atoms with Gasteiger partial charge in [0.15, 0.2) is 17.9 Å². The second-order valence-electron chi connectivity index (χ2n) is 8.01. The van der Waals surface area contributed by atoms with Crippen LogP contribution in [0.3, 0.4) is 0 Å². The molecule has 33 heavy (non-hydrogen) atoms. The summed E-state index contributed by atoms with van der Waals surface area (Å²) in [6.07, 6.45) is 5.06. The van der Waals surface area contributed by atoms with Crippen molar-refractivity contribution in [3.63, 3.8) is 0 Å². The molecule has 2 unspecified atom stereocenters. The van der Waals surface area contributed by atoms with E-state index in [1.165, 1.54) is 12.1 Å². The monoisotopic (exact) mass is 454 g/mol. The van der Waals surface area contributed by atoms with Gasteiger partial charge in [0, 0.05) is 11.5 Å². The van der Waals surface area contributed by atoms with Crippen molar-refractivity contribution >= 4 is 0 Å². The third kappa shape index (κ3) is 5.13. The highest BCUT2D eigenvalue weighted by Crippen LogP contribution is 2.34. The van der Waals surface area contributed by atoms with Crippen LogP contribution in [0.25, 0.3) is 22.3 Å². The lowest BCUT2D eigenvalue weighted by atomic mass is 9.91. The number of hydrogen-bond donors (Lipinski definition) is 1. The minimum absolute atomic E-state index is 0.0321. The van der Waals surface area contributed by atoms with E-state index in [0.717, 1.165) is 18.1 Å². The fourth-order valence-electron chi connectivity index (χ4n) is 4.01. The first-order valence-electron chi connectivity index (χ1n) is 10.9. The van der Waals surface area contributed by atoms with Crippen LogP contribution < -0.4 is 0 Å². The minimum Gasteiger partial charge on any atom is -0.505 e. The summed E-state index contributed by atoms with van der Waals surface area (Å²) >= 11 is 0. The zero-order valence-corrected chi connectivity index (χ0v) is 18.2. The molecule has 3 aromatic carbocycles. The molecule has 3 aromatic rings. The Bertz CT molecular complexity index is 1130. The third-order valence-electron chi connectivity index (χ3n) is 5.88. The lowest BCUT2D eigenvalue weighted by Crippen LogP contribution is -2.27. The van der Waals surface area contributed by atoms with E-state index in [2.05, 4.69) is 0 Å². The molecule has 1 N–H and O–H groups in total. The summed E-state index contributed by atoms with van der Waals surface area (Å²) in [5, 5.41) is 9.30. The molecule has 1 saturated heterocycles. The maximum absolute atomic E-state index is 14.9. The highest BCUT2D eigenvalue weighted by molar-refractivity contribution is 5.71. The Morgan fingerprint density at radius 1 is 0.939 bits per heavy atom. The molecule has 0 radical (unpaired) electrons. The van der Waals surface area contributed by atoms with E-state index < -0.39 is 17.4 Å². The van der Waals surface area contributed by atoms with Crippen LogP contribution in [0.2, 0.25) is 0 Å². The lowest BCUT2D eigenvalue weighted by Gasteiger charge is -2.29. The molecule has 1 aliphatic heterocycles. The van der Waals surface area contributed by atoms with Gasteiger partial charge in [-0.3, -0.25) is 0 Å². The molecule has 172 valence electrons. The highest BCUT2D eigenvalue weighted by Gasteiger charge is 2.25. The second-order valence-corrected chi connectivity index (χ2v) is 8.01. The highest BCUT2D eigenvalue weighted by atomic mass is 19.2. The summed E-state index contributed by atoms with van der Waals surface area (Å²) in [4.78, 5) is 0. The maximum Gasteiger partial charge on any atom is 0.200 e. The largest absolute Gasteiger partial charge is 0.505 e. The van der Waals surface area contributed by atoms with Crippen molar-refractivity contribution in [3.8, 4) is 28.0 Å². The Labute approximate surface area is 191 Å². The van der Waals surface area contributed by atoms with Crippen LogP contribution in [0.1, 0.15) is 31.2 Å². The molecule has 4 rings (SSSR count). The van der Waals surface area contributed by atoms with Crippen LogP contribution in [0.15, 0.2) is 66.7 Å². The fourth-order valence-corrected chi connectivity index (χ4v) is 4.01. The molecule has 1 aliphatic rings. The van der Waals surface area contributed by atoms with Gasteiger partial charge in [-0.15, -0.1) is 0 Å². The molecule has 0 amide bonds. The smallest absolute Gasteiger partial charge is 0.200 e. The van der Waals surface area contributed by atoms with Crippen molar-refractivity contribution in [1.29, 1.82) is 0 Å². The Kier molecular flexibility index (Phi) is 7.16. The summed E-state index contributed by atoms with van der Waals surface area (Å²) in [5.74, 6) is -3.46. The van der Waals surface area contributed by atoms with Gasteiger partial charge in [-0.1, -0.05) is 48.6 Å². The van der Waals surface area contributed by atoms with Crippen molar-refractivity contribution in [3.05, 3.63) is 89.8 Å². The third-order valence-corrected chi connectivity index (χ3v) is 5.88. The molecule has 1 fully saturated rings. The summed E-state index contributed by atoms with van der Waals surface area (Å²) in [5.41, 5.74) is 2.55. The Morgan fingerprint density at radius 3 is 2.33 bits per heavy atom. The van der Waals surface area contributed by atoms with E-state index in [0.29, 0.717) is 36.3 Å². The van der Waals surface area contributed by atoms with Gasteiger partial charge >= 0.3 is 0 Å².